The average molecular weight is 314 g/mol. The summed E-state index contributed by atoms with van der Waals surface area (Å²) in [4.78, 5) is 0.346. The normalized spacial score (nSPS) is 19.1. The van der Waals surface area contributed by atoms with Crippen molar-refractivity contribution in [2.24, 2.45) is 5.92 Å². The molecule has 0 radical (unpaired) electrons. The van der Waals surface area contributed by atoms with E-state index >= 15 is 0 Å². The molecule has 1 fully saturated rings. The van der Waals surface area contributed by atoms with Crippen LogP contribution in [0.2, 0.25) is 0 Å². The van der Waals surface area contributed by atoms with E-state index in [1.54, 1.807) is 12.1 Å². The standard InChI is InChI=1S/C14H22N2O2S2/c1-2-8-16-20(17,18)14-6-4-3-5-13(14)15-10-12-7-9-19-11-12/h3-6,12,15-16H,2,7-11H2,1H3. The van der Waals surface area contributed by atoms with E-state index in [0.717, 1.165) is 18.7 Å². The van der Waals surface area contributed by atoms with Gasteiger partial charge < -0.3 is 5.32 Å². The van der Waals surface area contributed by atoms with E-state index in [1.165, 1.54) is 12.2 Å². The van der Waals surface area contributed by atoms with Crippen LogP contribution in [0.1, 0.15) is 19.8 Å². The van der Waals surface area contributed by atoms with E-state index in [0.29, 0.717) is 23.0 Å². The van der Waals surface area contributed by atoms with Crippen LogP contribution in [-0.2, 0) is 10.0 Å². The molecule has 1 aliphatic heterocycles. The van der Waals surface area contributed by atoms with E-state index < -0.39 is 10.0 Å². The summed E-state index contributed by atoms with van der Waals surface area (Å²) in [5.74, 6) is 3.01. The molecule has 0 aromatic heterocycles. The van der Waals surface area contributed by atoms with Crippen LogP contribution in [0.4, 0.5) is 5.69 Å². The summed E-state index contributed by atoms with van der Waals surface area (Å²) in [6, 6.07) is 7.12. The summed E-state index contributed by atoms with van der Waals surface area (Å²) in [5, 5.41) is 3.31. The van der Waals surface area contributed by atoms with Gasteiger partial charge in [0.05, 0.1) is 5.69 Å². The zero-order valence-electron chi connectivity index (χ0n) is 11.8. The highest BCUT2D eigenvalue weighted by molar-refractivity contribution is 7.99. The fourth-order valence-corrected chi connectivity index (χ4v) is 4.76. The lowest BCUT2D eigenvalue weighted by atomic mass is 10.1. The van der Waals surface area contributed by atoms with E-state index in [4.69, 9.17) is 0 Å². The molecule has 0 spiro atoms. The molecule has 0 saturated carbocycles. The first-order chi connectivity index (χ1) is 9.63. The van der Waals surface area contributed by atoms with Gasteiger partial charge in [-0.05, 0) is 42.4 Å². The number of nitrogens with one attached hydrogen (secondary N) is 2. The topological polar surface area (TPSA) is 58.2 Å². The molecule has 0 aliphatic carbocycles. The Labute approximate surface area is 125 Å². The third-order valence-electron chi connectivity index (χ3n) is 3.32. The van der Waals surface area contributed by atoms with Crippen LogP contribution in [0.15, 0.2) is 29.2 Å². The van der Waals surface area contributed by atoms with Crippen LogP contribution >= 0.6 is 11.8 Å². The van der Waals surface area contributed by atoms with Crippen LogP contribution in [0.5, 0.6) is 0 Å². The molecule has 20 heavy (non-hydrogen) atoms. The molecule has 1 aromatic rings. The Hall–Kier alpha value is -0.720. The zero-order chi connectivity index (χ0) is 14.4. The number of benzene rings is 1. The molecule has 1 heterocycles. The zero-order valence-corrected chi connectivity index (χ0v) is 13.4. The van der Waals surface area contributed by atoms with Crippen molar-refractivity contribution in [1.29, 1.82) is 0 Å². The van der Waals surface area contributed by atoms with E-state index in [2.05, 4.69) is 10.0 Å². The van der Waals surface area contributed by atoms with Crippen molar-refractivity contribution in [2.75, 3.05) is 29.9 Å². The molecule has 1 aliphatic rings. The lowest BCUT2D eigenvalue weighted by molar-refractivity contribution is 0.580. The minimum Gasteiger partial charge on any atom is -0.384 e. The summed E-state index contributed by atoms with van der Waals surface area (Å²) in [7, 11) is -3.42. The van der Waals surface area contributed by atoms with Crippen LogP contribution in [-0.4, -0.2) is 33.0 Å². The summed E-state index contributed by atoms with van der Waals surface area (Å²) in [6.07, 6.45) is 1.99. The van der Waals surface area contributed by atoms with E-state index in [9.17, 15) is 8.42 Å². The number of para-hydroxylation sites is 1. The summed E-state index contributed by atoms with van der Waals surface area (Å²) in [6.45, 7) is 3.26. The molecule has 1 aromatic carbocycles. The van der Waals surface area contributed by atoms with Gasteiger partial charge in [-0.3, -0.25) is 0 Å². The largest absolute Gasteiger partial charge is 0.384 e. The average Bonchev–Trinajstić information content (AvgIpc) is 2.96. The molecule has 6 heteroatoms. The Bertz CT molecular complexity index is 526. The summed E-state index contributed by atoms with van der Waals surface area (Å²) >= 11 is 1.97. The quantitative estimate of drug-likeness (QED) is 0.812. The maximum Gasteiger partial charge on any atom is 0.242 e. The highest BCUT2D eigenvalue weighted by Gasteiger charge is 2.19. The number of thioether (sulfide) groups is 1. The van der Waals surface area contributed by atoms with Gasteiger partial charge in [-0.15, -0.1) is 0 Å². The Morgan fingerprint density at radius 2 is 2.15 bits per heavy atom. The van der Waals surface area contributed by atoms with Crippen LogP contribution in [0.25, 0.3) is 0 Å². The molecule has 1 saturated heterocycles. The Kier molecular flexibility index (Phi) is 5.74. The molecule has 0 bridgehead atoms. The SMILES string of the molecule is CCCNS(=O)(=O)c1ccccc1NCC1CCSC1. The first-order valence-electron chi connectivity index (χ1n) is 7.04. The van der Waals surface area contributed by atoms with E-state index in [1.807, 2.05) is 30.8 Å². The predicted molar refractivity (Wildman–Crippen MR) is 85.8 cm³/mol. The highest BCUT2D eigenvalue weighted by atomic mass is 32.2. The molecule has 4 nitrogen and oxygen atoms in total. The predicted octanol–water partition coefficient (Wildman–Crippen LogP) is 2.54. The molecule has 0 amide bonds. The van der Waals surface area contributed by atoms with Gasteiger partial charge in [0.25, 0.3) is 0 Å². The molecular weight excluding hydrogens is 292 g/mol. The Balaban J connectivity index is 2.08. The number of sulfonamides is 1. The lowest BCUT2D eigenvalue weighted by Gasteiger charge is -2.15. The van der Waals surface area contributed by atoms with Gasteiger partial charge >= 0.3 is 0 Å². The smallest absolute Gasteiger partial charge is 0.242 e. The molecule has 112 valence electrons. The molecule has 2 N–H and O–H groups in total. The Morgan fingerprint density at radius 3 is 2.85 bits per heavy atom. The van der Waals surface area contributed by atoms with Crippen molar-refractivity contribution >= 4 is 27.5 Å². The van der Waals surface area contributed by atoms with Gasteiger partial charge in [-0.2, -0.15) is 11.8 Å². The molecule has 1 atom stereocenters. The maximum absolute atomic E-state index is 12.3. The third-order valence-corrected chi connectivity index (χ3v) is 6.07. The lowest BCUT2D eigenvalue weighted by Crippen LogP contribution is -2.26. The van der Waals surface area contributed by atoms with Crippen molar-refractivity contribution in [2.45, 2.75) is 24.7 Å². The van der Waals surface area contributed by atoms with Crippen molar-refractivity contribution in [3.63, 3.8) is 0 Å². The second-order valence-corrected chi connectivity index (χ2v) is 7.89. The van der Waals surface area contributed by atoms with Gasteiger partial charge in [0.15, 0.2) is 0 Å². The number of rotatable bonds is 7. The minimum atomic E-state index is -3.42. The summed E-state index contributed by atoms with van der Waals surface area (Å²) in [5.41, 5.74) is 0.702. The van der Waals surface area contributed by atoms with Gasteiger partial charge in [-0.1, -0.05) is 19.1 Å². The Morgan fingerprint density at radius 1 is 1.35 bits per heavy atom. The van der Waals surface area contributed by atoms with Crippen molar-refractivity contribution < 1.29 is 8.42 Å². The first-order valence-corrected chi connectivity index (χ1v) is 9.67. The van der Waals surface area contributed by atoms with Crippen molar-refractivity contribution in [3.05, 3.63) is 24.3 Å². The third kappa shape index (κ3) is 4.14. The monoisotopic (exact) mass is 314 g/mol. The molecule has 2 rings (SSSR count). The van der Waals surface area contributed by atoms with E-state index in [-0.39, 0.29) is 0 Å². The van der Waals surface area contributed by atoms with Gasteiger partial charge in [-0.25, -0.2) is 13.1 Å². The van der Waals surface area contributed by atoms with Gasteiger partial charge in [0.2, 0.25) is 10.0 Å². The minimum absolute atomic E-state index is 0.346. The fourth-order valence-electron chi connectivity index (χ4n) is 2.16. The number of hydrogen-bond donors (Lipinski definition) is 2. The van der Waals surface area contributed by atoms with Crippen LogP contribution < -0.4 is 10.0 Å². The number of hydrogen-bond acceptors (Lipinski definition) is 4. The molecular formula is C14H22N2O2S2. The highest BCUT2D eigenvalue weighted by Crippen LogP contribution is 2.25. The van der Waals surface area contributed by atoms with Crippen molar-refractivity contribution in [1.82, 2.24) is 4.72 Å². The fraction of sp³-hybridized carbons (Fsp3) is 0.571. The first kappa shape index (κ1) is 15.7. The molecule has 1 unspecified atom stereocenters. The summed E-state index contributed by atoms with van der Waals surface area (Å²) < 4.78 is 27.1. The maximum atomic E-state index is 12.3. The van der Waals surface area contributed by atoms with Gasteiger partial charge in [0.1, 0.15) is 4.90 Å². The van der Waals surface area contributed by atoms with Crippen LogP contribution in [0.3, 0.4) is 0 Å². The number of anilines is 1. The second kappa shape index (κ2) is 7.33. The van der Waals surface area contributed by atoms with Gasteiger partial charge in [0, 0.05) is 13.1 Å². The second-order valence-electron chi connectivity index (χ2n) is 5.00. The van der Waals surface area contributed by atoms with Crippen LogP contribution in [0, 0.1) is 5.92 Å². The van der Waals surface area contributed by atoms with Crippen molar-refractivity contribution in [3.8, 4) is 0 Å².